The molecule has 160 valence electrons. The molecule has 0 aliphatic heterocycles. The lowest BCUT2D eigenvalue weighted by Gasteiger charge is -2.21. The maximum atomic E-state index is 12.9. The van der Waals surface area contributed by atoms with Gasteiger partial charge in [-0.25, -0.2) is 8.42 Å². The highest BCUT2D eigenvalue weighted by molar-refractivity contribution is 7.89. The van der Waals surface area contributed by atoms with Crippen molar-refractivity contribution in [2.75, 3.05) is 13.1 Å². The van der Waals surface area contributed by atoms with E-state index in [1.165, 1.54) is 4.31 Å². The van der Waals surface area contributed by atoms with Crippen molar-refractivity contribution in [3.05, 3.63) is 65.9 Å². The number of H-pyrrole nitrogens is 1. The SMILES string of the molecule is CCN(CC)S(=O)(=O)c1ccc([C@H](C)N[C@H](C)C(=O)c2c[nH]c3ccccc23)cc1. The summed E-state index contributed by atoms with van der Waals surface area (Å²) >= 11 is 0. The van der Waals surface area contributed by atoms with Gasteiger partial charge < -0.3 is 10.3 Å². The molecule has 0 fully saturated rings. The monoisotopic (exact) mass is 427 g/mol. The third-order valence-corrected chi connectivity index (χ3v) is 7.54. The van der Waals surface area contributed by atoms with E-state index in [-0.39, 0.29) is 16.7 Å². The van der Waals surface area contributed by atoms with Crippen LogP contribution in [0.3, 0.4) is 0 Å². The first-order chi connectivity index (χ1) is 14.3. The Morgan fingerprint density at radius 1 is 1.03 bits per heavy atom. The topological polar surface area (TPSA) is 82.3 Å². The van der Waals surface area contributed by atoms with Crippen LogP contribution in [0.1, 0.15) is 49.7 Å². The van der Waals surface area contributed by atoms with E-state index < -0.39 is 16.1 Å². The van der Waals surface area contributed by atoms with Crippen LogP contribution in [0.2, 0.25) is 0 Å². The summed E-state index contributed by atoms with van der Waals surface area (Å²) in [4.78, 5) is 16.4. The largest absolute Gasteiger partial charge is 0.360 e. The fourth-order valence-electron chi connectivity index (χ4n) is 3.70. The van der Waals surface area contributed by atoms with Crippen LogP contribution >= 0.6 is 0 Å². The van der Waals surface area contributed by atoms with E-state index in [2.05, 4.69) is 10.3 Å². The van der Waals surface area contributed by atoms with Crippen molar-refractivity contribution in [1.82, 2.24) is 14.6 Å². The number of para-hydroxylation sites is 1. The van der Waals surface area contributed by atoms with Crippen molar-refractivity contribution in [3.8, 4) is 0 Å². The van der Waals surface area contributed by atoms with E-state index in [9.17, 15) is 13.2 Å². The molecule has 1 heterocycles. The first-order valence-corrected chi connectivity index (χ1v) is 11.7. The van der Waals surface area contributed by atoms with Gasteiger partial charge in [0.1, 0.15) is 0 Å². The summed E-state index contributed by atoms with van der Waals surface area (Å²) in [5, 5.41) is 4.24. The number of hydrogen-bond donors (Lipinski definition) is 2. The summed E-state index contributed by atoms with van der Waals surface area (Å²) in [6.45, 7) is 8.34. The zero-order valence-corrected chi connectivity index (χ0v) is 18.7. The van der Waals surface area contributed by atoms with Gasteiger partial charge in [0, 0.05) is 41.8 Å². The third-order valence-electron chi connectivity index (χ3n) is 5.47. The molecule has 0 unspecified atom stereocenters. The summed E-state index contributed by atoms with van der Waals surface area (Å²) in [5.74, 6) is 0.0139. The molecule has 0 saturated heterocycles. The molecule has 2 N–H and O–H groups in total. The number of Topliss-reactive ketones (excluding diaryl/α,β-unsaturated/α-hetero) is 1. The Kier molecular flexibility index (Phi) is 6.75. The Balaban J connectivity index is 1.72. The van der Waals surface area contributed by atoms with Crippen LogP contribution in [0.5, 0.6) is 0 Å². The lowest BCUT2D eigenvalue weighted by molar-refractivity contribution is 0.0947. The highest BCUT2D eigenvalue weighted by Gasteiger charge is 2.23. The van der Waals surface area contributed by atoms with Crippen LogP contribution in [0.25, 0.3) is 10.9 Å². The fourth-order valence-corrected chi connectivity index (χ4v) is 5.15. The minimum atomic E-state index is -3.48. The van der Waals surface area contributed by atoms with Crippen molar-refractivity contribution in [2.24, 2.45) is 0 Å². The number of sulfonamides is 1. The Morgan fingerprint density at radius 3 is 2.30 bits per heavy atom. The molecule has 7 heteroatoms. The average molecular weight is 428 g/mol. The molecule has 2 aromatic carbocycles. The number of carbonyl (C=O) groups is 1. The Morgan fingerprint density at radius 2 is 1.67 bits per heavy atom. The number of ketones is 1. The highest BCUT2D eigenvalue weighted by Crippen LogP contribution is 2.22. The summed E-state index contributed by atoms with van der Waals surface area (Å²) in [7, 11) is -3.48. The van der Waals surface area contributed by atoms with Crippen LogP contribution in [0.4, 0.5) is 0 Å². The number of nitrogens with one attached hydrogen (secondary N) is 2. The maximum Gasteiger partial charge on any atom is 0.243 e. The summed E-state index contributed by atoms with van der Waals surface area (Å²) in [6, 6.07) is 14.1. The number of fused-ring (bicyclic) bond motifs is 1. The van der Waals surface area contributed by atoms with Gasteiger partial charge in [-0.2, -0.15) is 4.31 Å². The number of benzene rings is 2. The second kappa shape index (κ2) is 9.12. The smallest absolute Gasteiger partial charge is 0.243 e. The normalized spacial score (nSPS) is 14.2. The molecule has 6 nitrogen and oxygen atoms in total. The van der Waals surface area contributed by atoms with Crippen molar-refractivity contribution in [1.29, 1.82) is 0 Å². The number of rotatable bonds is 9. The molecule has 0 aliphatic carbocycles. The molecule has 0 bridgehead atoms. The summed E-state index contributed by atoms with van der Waals surface area (Å²) in [5.41, 5.74) is 2.52. The number of aromatic nitrogens is 1. The predicted octanol–water partition coefficient (Wildman–Crippen LogP) is 4.12. The van der Waals surface area contributed by atoms with Crippen molar-refractivity contribution in [2.45, 2.75) is 44.7 Å². The Labute approximate surface area is 178 Å². The highest BCUT2D eigenvalue weighted by atomic mass is 32.2. The molecule has 0 radical (unpaired) electrons. The quantitative estimate of drug-likeness (QED) is 0.503. The van der Waals surface area contributed by atoms with Crippen molar-refractivity contribution < 1.29 is 13.2 Å². The molecule has 0 saturated carbocycles. The molecule has 3 rings (SSSR count). The van der Waals surface area contributed by atoms with E-state index >= 15 is 0 Å². The molecular formula is C23H29N3O3S. The lowest BCUT2D eigenvalue weighted by atomic mass is 10.0. The lowest BCUT2D eigenvalue weighted by Crippen LogP contribution is -2.35. The molecule has 30 heavy (non-hydrogen) atoms. The second-order valence-corrected chi connectivity index (χ2v) is 9.32. The standard InChI is InChI=1S/C23H29N3O3S/c1-5-26(6-2)30(28,29)19-13-11-18(12-14-19)16(3)25-17(4)23(27)21-15-24-22-10-8-7-9-20(21)22/h7-17,24-25H,5-6H2,1-4H3/t16-,17+/m0/s1. The zero-order valence-electron chi connectivity index (χ0n) is 17.8. The fraction of sp³-hybridized carbons (Fsp3) is 0.348. The first-order valence-electron chi connectivity index (χ1n) is 10.3. The Hall–Kier alpha value is -2.48. The predicted molar refractivity (Wildman–Crippen MR) is 120 cm³/mol. The van der Waals surface area contributed by atoms with E-state index in [4.69, 9.17) is 0 Å². The average Bonchev–Trinajstić information content (AvgIpc) is 3.18. The van der Waals surface area contributed by atoms with E-state index in [1.54, 1.807) is 30.5 Å². The maximum absolute atomic E-state index is 12.9. The first kappa shape index (κ1) is 22.2. The van der Waals surface area contributed by atoms with Gasteiger partial charge in [-0.15, -0.1) is 0 Å². The van der Waals surface area contributed by atoms with Crippen LogP contribution < -0.4 is 5.32 Å². The van der Waals surface area contributed by atoms with Crippen LogP contribution in [-0.4, -0.2) is 42.6 Å². The van der Waals surface area contributed by atoms with Crippen molar-refractivity contribution in [3.63, 3.8) is 0 Å². The van der Waals surface area contributed by atoms with Gasteiger partial charge in [-0.1, -0.05) is 44.2 Å². The van der Waals surface area contributed by atoms with Gasteiger partial charge in [0.05, 0.1) is 10.9 Å². The Bertz CT molecular complexity index is 1120. The van der Waals surface area contributed by atoms with Crippen molar-refractivity contribution >= 4 is 26.7 Å². The molecular weight excluding hydrogens is 398 g/mol. The molecule has 0 amide bonds. The second-order valence-electron chi connectivity index (χ2n) is 7.38. The van der Waals surface area contributed by atoms with Crippen LogP contribution in [0, 0.1) is 0 Å². The zero-order chi connectivity index (χ0) is 21.9. The van der Waals surface area contributed by atoms with Gasteiger partial charge in [-0.3, -0.25) is 4.79 Å². The van der Waals surface area contributed by atoms with Gasteiger partial charge in [0.2, 0.25) is 10.0 Å². The molecule has 2 atom stereocenters. The minimum absolute atomic E-state index is 0.0139. The summed E-state index contributed by atoms with van der Waals surface area (Å²) in [6.07, 6.45) is 1.75. The number of carbonyl (C=O) groups excluding carboxylic acids is 1. The number of nitrogens with zero attached hydrogens (tertiary/aromatic N) is 1. The van der Waals surface area contributed by atoms with E-state index in [1.807, 2.05) is 52.0 Å². The number of aromatic amines is 1. The number of hydrogen-bond acceptors (Lipinski definition) is 4. The van der Waals surface area contributed by atoms with Gasteiger partial charge >= 0.3 is 0 Å². The molecule has 0 spiro atoms. The molecule has 1 aromatic heterocycles. The third kappa shape index (κ3) is 4.33. The minimum Gasteiger partial charge on any atom is -0.360 e. The van der Waals surface area contributed by atoms with Gasteiger partial charge in [0.25, 0.3) is 0 Å². The summed E-state index contributed by atoms with van der Waals surface area (Å²) < 4.78 is 26.7. The van der Waals surface area contributed by atoms with Gasteiger partial charge in [-0.05, 0) is 37.6 Å². The molecule has 3 aromatic rings. The van der Waals surface area contributed by atoms with Crippen LogP contribution in [0.15, 0.2) is 59.6 Å². The van der Waals surface area contributed by atoms with E-state index in [0.717, 1.165) is 16.5 Å². The molecule has 0 aliphatic rings. The van der Waals surface area contributed by atoms with E-state index in [0.29, 0.717) is 18.7 Å². The van der Waals surface area contributed by atoms with Gasteiger partial charge in [0.15, 0.2) is 5.78 Å². The van der Waals surface area contributed by atoms with Crippen LogP contribution in [-0.2, 0) is 10.0 Å².